The van der Waals surface area contributed by atoms with E-state index >= 15 is 0 Å². The number of methoxy groups -OCH3 is 1. The Bertz CT molecular complexity index is 533. The molecule has 1 aromatic carbocycles. The van der Waals surface area contributed by atoms with Crippen LogP contribution < -0.4 is 4.74 Å². The Morgan fingerprint density at radius 2 is 1.74 bits per heavy atom. The smallest absolute Gasteiger partial charge is 0.330 e. The predicted molar refractivity (Wildman–Crippen MR) is 85.0 cm³/mol. The molecule has 0 saturated carbocycles. The van der Waals surface area contributed by atoms with Crippen molar-refractivity contribution in [2.45, 2.75) is 0 Å². The summed E-state index contributed by atoms with van der Waals surface area (Å²) >= 11 is 0. The summed E-state index contributed by atoms with van der Waals surface area (Å²) in [4.78, 5) is 21.7. The zero-order valence-electron chi connectivity index (χ0n) is 13.0. The van der Waals surface area contributed by atoms with Gasteiger partial charge in [0.2, 0.25) is 0 Å². The summed E-state index contributed by atoms with van der Waals surface area (Å²) in [7, 11) is 1.33. The molecule has 0 fully saturated rings. The van der Waals surface area contributed by atoms with Crippen molar-refractivity contribution in [2.24, 2.45) is 0 Å². The molecule has 0 saturated heterocycles. The first-order valence-corrected chi connectivity index (χ1v) is 7.01. The number of esters is 2. The third-order valence-electron chi connectivity index (χ3n) is 2.63. The summed E-state index contributed by atoms with van der Waals surface area (Å²) < 4.78 is 20.0. The highest BCUT2D eigenvalue weighted by Gasteiger charge is 1.97. The van der Waals surface area contributed by atoms with Crippen LogP contribution in [0.25, 0.3) is 6.08 Å². The van der Waals surface area contributed by atoms with E-state index in [9.17, 15) is 9.59 Å². The van der Waals surface area contributed by atoms with Crippen LogP contribution in [0.5, 0.6) is 5.75 Å². The molecule has 0 bridgehead atoms. The quantitative estimate of drug-likeness (QED) is 0.373. The lowest BCUT2D eigenvalue weighted by Gasteiger charge is -2.07. The molecule has 0 amide bonds. The molecule has 0 atom stereocenters. The summed E-state index contributed by atoms with van der Waals surface area (Å²) in [6.07, 6.45) is 4.11. The van der Waals surface area contributed by atoms with Gasteiger partial charge in [0.15, 0.2) is 0 Å². The fraction of sp³-hybridized carbons (Fsp3) is 0.294. The Hall–Kier alpha value is -2.60. The zero-order valence-corrected chi connectivity index (χ0v) is 13.0. The van der Waals surface area contributed by atoms with E-state index in [4.69, 9.17) is 14.2 Å². The highest BCUT2D eigenvalue weighted by Crippen LogP contribution is 2.13. The van der Waals surface area contributed by atoms with Gasteiger partial charge in [-0.2, -0.15) is 0 Å². The van der Waals surface area contributed by atoms with Gasteiger partial charge in [-0.05, 0) is 23.8 Å². The molecule has 23 heavy (non-hydrogen) atoms. The van der Waals surface area contributed by atoms with Crippen LogP contribution >= 0.6 is 0 Å². The second-order valence-corrected chi connectivity index (χ2v) is 4.26. The molecule has 0 spiro atoms. The van der Waals surface area contributed by atoms with E-state index in [1.165, 1.54) is 13.2 Å². The number of hydrogen-bond donors (Lipinski definition) is 0. The van der Waals surface area contributed by atoms with Gasteiger partial charge in [-0.1, -0.05) is 18.7 Å². The Morgan fingerprint density at radius 3 is 2.39 bits per heavy atom. The van der Waals surface area contributed by atoms with E-state index < -0.39 is 11.9 Å². The summed E-state index contributed by atoms with van der Waals surface area (Å²) in [5, 5.41) is 0. The van der Waals surface area contributed by atoms with Crippen molar-refractivity contribution in [1.82, 2.24) is 0 Å². The normalized spacial score (nSPS) is 10.3. The average molecular weight is 320 g/mol. The van der Waals surface area contributed by atoms with E-state index in [0.29, 0.717) is 25.6 Å². The molecule has 0 N–H and O–H groups in total. The van der Waals surface area contributed by atoms with Gasteiger partial charge in [-0.15, -0.1) is 0 Å². The number of benzene rings is 1. The van der Waals surface area contributed by atoms with Crippen molar-refractivity contribution in [3.63, 3.8) is 0 Å². The highest BCUT2D eigenvalue weighted by molar-refractivity contribution is 5.86. The lowest BCUT2D eigenvalue weighted by Crippen LogP contribution is -2.12. The number of carbonyl (C=O) groups is 2. The maximum atomic E-state index is 11.0. The summed E-state index contributed by atoms with van der Waals surface area (Å²) in [5.41, 5.74) is 0.864. The van der Waals surface area contributed by atoms with Crippen LogP contribution in [0.2, 0.25) is 0 Å². The monoisotopic (exact) mass is 320 g/mol. The molecular formula is C17H20O6. The largest absolute Gasteiger partial charge is 0.491 e. The summed E-state index contributed by atoms with van der Waals surface area (Å²) in [6, 6.07) is 7.24. The van der Waals surface area contributed by atoms with Crippen molar-refractivity contribution in [3.8, 4) is 5.75 Å². The standard InChI is InChI=1S/C17H20O6/c1-3-16(18)23-13-11-21-10-12-22-15-7-4-14(5-8-15)6-9-17(19)20-2/h3-9H,1,10-13H2,2H3. The SMILES string of the molecule is C=CC(=O)OCCOCCOc1ccc(C=CC(=O)OC)cc1. The molecule has 124 valence electrons. The van der Waals surface area contributed by atoms with Gasteiger partial charge in [0, 0.05) is 12.2 Å². The Labute approximate surface area is 135 Å². The van der Waals surface area contributed by atoms with Gasteiger partial charge in [-0.3, -0.25) is 0 Å². The maximum absolute atomic E-state index is 11.0. The van der Waals surface area contributed by atoms with Crippen LogP contribution in [0.3, 0.4) is 0 Å². The van der Waals surface area contributed by atoms with E-state index in [-0.39, 0.29) is 6.61 Å². The molecule has 6 nitrogen and oxygen atoms in total. The van der Waals surface area contributed by atoms with Gasteiger partial charge in [0.25, 0.3) is 0 Å². The van der Waals surface area contributed by atoms with Crippen LogP contribution in [0.15, 0.2) is 43.0 Å². The molecule has 0 aliphatic carbocycles. The summed E-state index contributed by atoms with van der Waals surface area (Å²) in [6.45, 7) is 4.55. The lowest BCUT2D eigenvalue weighted by molar-refractivity contribution is -0.139. The third-order valence-corrected chi connectivity index (χ3v) is 2.63. The van der Waals surface area contributed by atoms with Gasteiger partial charge in [-0.25, -0.2) is 9.59 Å². The summed E-state index contributed by atoms with van der Waals surface area (Å²) in [5.74, 6) is -0.172. The Morgan fingerprint density at radius 1 is 1.04 bits per heavy atom. The number of hydrogen-bond acceptors (Lipinski definition) is 6. The number of carbonyl (C=O) groups excluding carboxylic acids is 2. The molecule has 1 rings (SSSR count). The fourth-order valence-corrected chi connectivity index (χ4v) is 1.49. The molecule has 0 radical (unpaired) electrons. The topological polar surface area (TPSA) is 71.1 Å². The third kappa shape index (κ3) is 8.43. The second kappa shape index (κ2) is 11.0. The minimum atomic E-state index is -0.466. The predicted octanol–water partition coefficient (Wildman–Crippen LogP) is 2.00. The van der Waals surface area contributed by atoms with Gasteiger partial charge >= 0.3 is 11.9 Å². The molecule has 1 aromatic rings. The molecule has 0 heterocycles. The van der Waals surface area contributed by atoms with Crippen molar-refractivity contribution in [2.75, 3.05) is 33.5 Å². The van der Waals surface area contributed by atoms with Crippen LogP contribution in [0.1, 0.15) is 5.56 Å². The maximum Gasteiger partial charge on any atom is 0.330 e. The first-order chi connectivity index (χ1) is 11.2. The Kier molecular flexibility index (Phi) is 8.85. The number of rotatable bonds is 10. The Balaban J connectivity index is 2.18. The molecular weight excluding hydrogens is 300 g/mol. The molecule has 0 aliphatic rings. The van der Waals surface area contributed by atoms with E-state index in [1.807, 2.05) is 12.1 Å². The number of ether oxygens (including phenoxy) is 4. The first kappa shape index (κ1) is 18.4. The van der Waals surface area contributed by atoms with Gasteiger partial charge in [0.05, 0.1) is 20.3 Å². The molecule has 0 unspecified atom stereocenters. The van der Waals surface area contributed by atoms with Gasteiger partial charge in [0.1, 0.15) is 19.0 Å². The molecule has 0 aliphatic heterocycles. The first-order valence-electron chi connectivity index (χ1n) is 7.01. The second-order valence-electron chi connectivity index (χ2n) is 4.26. The van der Waals surface area contributed by atoms with E-state index in [2.05, 4.69) is 11.3 Å². The minimum Gasteiger partial charge on any atom is -0.491 e. The van der Waals surface area contributed by atoms with Crippen LogP contribution in [0.4, 0.5) is 0 Å². The minimum absolute atomic E-state index is 0.187. The molecule has 6 heteroatoms. The van der Waals surface area contributed by atoms with Crippen molar-refractivity contribution in [3.05, 3.63) is 48.6 Å². The van der Waals surface area contributed by atoms with Crippen LogP contribution in [0, 0.1) is 0 Å². The average Bonchev–Trinajstić information content (AvgIpc) is 2.59. The fourth-order valence-electron chi connectivity index (χ4n) is 1.49. The zero-order chi connectivity index (χ0) is 16.9. The van der Waals surface area contributed by atoms with Gasteiger partial charge < -0.3 is 18.9 Å². The van der Waals surface area contributed by atoms with Crippen molar-refractivity contribution < 1.29 is 28.5 Å². The molecule has 0 aromatic heterocycles. The van der Waals surface area contributed by atoms with Crippen LogP contribution in [-0.2, 0) is 23.8 Å². The van der Waals surface area contributed by atoms with E-state index in [0.717, 1.165) is 11.6 Å². The van der Waals surface area contributed by atoms with Crippen molar-refractivity contribution >= 4 is 18.0 Å². The van der Waals surface area contributed by atoms with Crippen molar-refractivity contribution in [1.29, 1.82) is 0 Å². The lowest BCUT2D eigenvalue weighted by atomic mass is 10.2. The van der Waals surface area contributed by atoms with Crippen LogP contribution in [-0.4, -0.2) is 45.5 Å². The highest BCUT2D eigenvalue weighted by atomic mass is 16.6. The van der Waals surface area contributed by atoms with E-state index in [1.54, 1.807) is 18.2 Å².